The lowest BCUT2D eigenvalue weighted by Gasteiger charge is -2.03. The van der Waals surface area contributed by atoms with Gasteiger partial charge < -0.3 is 15.0 Å². The average Bonchev–Trinajstić information content (AvgIpc) is 2.52. The highest BCUT2D eigenvalue weighted by Gasteiger charge is 2.07. The van der Waals surface area contributed by atoms with Crippen molar-refractivity contribution in [1.29, 1.82) is 5.26 Å². The Bertz CT molecular complexity index is 363. The van der Waals surface area contributed by atoms with E-state index in [4.69, 9.17) is 10.4 Å². The van der Waals surface area contributed by atoms with Crippen LogP contribution in [0.1, 0.15) is 23.4 Å². The summed E-state index contributed by atoms with van der Waals surface area (Å²) < 4.78 is 1.89. The Balaban J connectivity index is 2.59. The van der Waals surface area contributed by atoms with Crippen LogP contribution in [0.3, 0.4) is 0 Å². The molecule has 0 aliphatic heterocycles. The van der Waals surface area contributed by atoms with Gasteiger partial charge >= 0.3 is 0 Å². The van der Waals surface area contributed by atoms with Crippen molar-refractivity contribution in [2.45, 2.75) is 19.9 Å². The minimum atomic E-state index is 0.213. The average molecular weight is 207 g/mol. The van der Waals surface area contributed by atoms with Gasteiger partial charge in [0, 0.05) is 25.9 Å². The SMILES string of the molecule is Cc1c(CNCCCO)cc(C#N)n1C. The second kappa shape index (κ2) is 5.54. The van der Waals surface area contributed by atoms with Crippen molar-refractivity contribution in [1.82, 2.24) is 9.88 Å². The summed E-state index contributed by atoms with van der Waals surface area (Å²) in [5, 5.41) is 20.7. The molecule has 1 heterocycles. The van der Waals surface area contributed by atoms with Gasteiger partial charge in [0.05, 0.1) is 0 Å². The smallest absolute Gasteiger partial charge is 0.120 e. The number of nitrogens with zero attached hydrogens (tertiary/aromatic N) is 2. The van der Waals surface area contributed by atoms with Crippen LogP contribution in [-0.2, 0) is 13.6 Å². The molecule has 0 atom stereocenters. The molecule has 0 radical (unpaired) electrons. The third kappa shape index (κ3) is 2.82. The predicted molar refractivity (Wildman–Crippen MR) is 58.3 cm³/mol. The van der Waals surface area contributed by atoms with Crippen LogP contribution in [0.4, 0.5) is 0 Å². The molecule has 0 bridgehead atoms. The van der Waals surface area contributed by atoms with Crippen LogP contribution in [-0.4, -0.2) is 22.8 Å². The Hall–Kier alpha value is -1.31. The van der Waals surface area contributed by atoms with E-state index in [9.17, 15) is 0 Å². The van der Waals surface area contributed by atoms with Gasteiger partial charge in [-0.15, -0.1) is 0 Å². The quantitative estimate of drug-likeness (QED) is 0.698. The molecule has 4 nitrogen and oxygen atoms in total. The first-order valence-electron chi connectivity index (χ1n) is 5.07. The van der Waals surface area contributed by atoms with Gasteiger partial charge in [0.25, 0.3) is 0 Å². The van der Waals surface area contributed by atoms with E-state index in [1.807, 2.05) is 24.6 Å². The standard InChI is InChI=1S/C11H17N3O/c1-9-10(8-13-4-3-5-15)6-11(7-12)14(9)2/h6,13,15H,3-5,8H2,1-2H3. The highest BCUT2D eigenvalue weighted by molar-refractivity contribution is 5.33. The zero-order valence-corrected chi connectivity index (χ0v) is 9.25. The van der Waals surface area contributed by atoms with Gasteiger partial charge in [0.2, 0.25) is 0 Å². The van der Waals surface area contributed by atoms with Crippen molar-refractivity contribution in [2.75, 3.05) is 13.2 Å². The molecule has 0 fully saturated rings. The maximum absolute atomic E-state index is 8.84. The fourth-order valence-electron chi connectivity index (χ4n) is 1.48. The Morgan fingerprint density at radius 3 is 2.87 bits per heavy atom. The molecule has 0 saturated heterocycles. The van der Waals surface area contributed by atoms with Gasteiger partial charge in [0.1, 0.15) is 11.8 Å². The van der Waals surface area contributed by atoms with Gasteiger partial charge in [-0.1, -0.05) is 0 Å². The summed E-state index contributed by atoms with van der Waals surface area (Å²) in [5.41, 5.74) is 2.95. The maximum Gasteiger partial charge on any atom is 0.120 e. The van der Waals surface area contributed by atoms with E-state index in [0.29, 0.717) is 5.69 Å². The van der Waals surface area contributed by atoms with E-state index in [1.54, 1.807) is 0 Å². The maximum atomic E-state index is 8.84. The number of nitriles is 1. The van der Waals surface area contributed by atoms with Gasteiger partial charge in [-0.05, 0) is 31.5 Å². The zero-order valence-electron chi connectivity index (χ0n) is 9.25. The fourth-order valence-corrected chi connectivity index (χ4v) is 1.48. The van der Waals surface area contributed by atoms with Crippen LogP contribution >= 0.6 is 0 Å². The minimum absolute atomic E-state index is 0.213. The zero-order chi connectivity index (χ0) is 11.3. The van der Waals surface area contributed by atoms with Gasteiger partial charge in [-0.25, -0.2) is 0 Å². The lowest BCUT2D eigenvalue weighted by molar-refractivity contribution is 0.286. The molecule has 1 aromatic rings. The van der Waals surface area contributed by atoms with Crippen molar-refractivity contribution in [3.63, 3.8) is 0 Å². The van der Waals surface area contributed by atoms with Gasteiger partial charge in [-0.2, -0.15) is 5.26 Å². The first-order chi connectivity index (χ1) is 7.20. The van der Waals surface area contributed by atoms with Crippen molar-refractivity contribution < 1.29 is 5.11 Å². The summed E-state index contributed by atoms with van der Waals surface area (Å²) in [6, 6.07) is 4.06. The molecule has 1 aromatic heterocycles. The number of nitrogens with one attached hydrogen (secondary N) is 1. The topological polar surface area (TPSA) is 61.0 Å². The molecule has 0 aliphatic carbocycles. The normalized spacial score (nSPS) is 10.3. The molecule has 2 N–H and O–H groups in total. The first-order valence-corrected chi connectivity index (χ1v) is 5.07. The number of aromatic nitrogens is 1. The summed E-state index contributed by atoms with van der Waals surface area (Å²) in [7, 11) is 1.89. The number of aliphatic hydroxyl groups excluding tert-OH is 1. The molecule has 0 spiro atoms. The molecule has 1 rings (SSSR count). The summed E-state index contributed by atoms with van der Waals surface area (Å²) in [4.78, 5) is 0. The van der Waals surface area contributed by atoms with Gasteiger partial charge in [-0.3, -0.25) is 0 Å². The van der Waals surface area contributed by atoms with Crippen LogP contribution in [0.2, 0.25) is 0 Å². The third-order valence-corrected chi connectivity index (χ3v) is 2.58. The summed E-state index contributed by atoms with van der Waals surface area (Å²) in [5.74, 6) is 0. The molecule has 82 valence electrons. The molecule has 4 heteroatoms. The number of hydrogen-bond acceptors (Lipinski definition) is 3. The molecule has 15 heavy (non-hydrogen) atoms. The van der Waals surface area contributed by atoms with Crippen LogP contribution in [0, 0.1) is 18.3 Å². The Morgan fingerprint density at radius 1 is 1.60 bits per heavy atom. The van der Waals surface area contributed by atoms with Crippen LogP contribution in [0.15, 0.2) is 6.07 Å². The van der Waals surface area contributed by atoms with E-state index >= 15 is 0 Å². The van der Waals surface area contributed by atoms with E-state index in [0.717, 1.165) is 30.8 Å². The van der Waals surface area contributed by atoms with Crippen molar-refractivity contribution in [3.8, 4) is 6.07 Å². The Labute approximate surface area is 90.1 Å². The predicted octanol–water partition coefficient (Wildman–Crippen LogP) is 0.677. The van der Waals surface area contributed by atoms with Crippen LogP contribution in [0.25, 0.3) is 0 Å². The lowest BCUT2D eigenvalue weighted by Crippen LogP contribution is -2.16. The van der Waals surface area contributed by atoms with E-state index in [1.165, 1.54) is 0 Å². The molecule has 0 unspecified atom stereocenters. The van der Waals surface area contributed by atoms with Crippen molar-refractivity contribution >= 4 is 0 Å². The summed E-state index contributed by atoms with van der Waals surface area (Å²) in [6.07, 6.45) is 0.761. The third-order valence-electron chi connectivity index (χ3n) is 2.58. The second-order valence-electron chi connectivity index (χ2n) is 3.56. The van der Waals surface area contributed by atoms with Crippen molar-refractivity contribution in [2.24, 2.45) is 7.05 Å². The monoisotopic (exact) mass is 207 g/mol. The highest BCUT2D eigenvalue weighted by Crippen LogP contribution is 2.12. The molecular weight excluding hydrogens is 190 g/mol. The molecule has 0 saturated carbocycles. The Kier molecular flexibility index (Phi) is 4.35. The van der Waals surface area contributed by atoms with E-state index < -0.39 is 0 Å². The second-order valence-corrected chi connectivity index (χ2v) is 3.56. The fraction of sp³-hybridized carbons (Fsp3) is 0.545. The van der Waals surface area contributed by atoms with Gasteiger partial charge in [0.15, 0.2) is 0 Å². The number of aliphatic hydroxyl groups is 1. The summed E-state index contributed by atoms with van der Waals surface area (Å²) in [6.45, 7) is 3.77. The highest BCUT2D eigenvalue weighted by atomic mass is 16.3. The van der Waals surface area contributed by atoms with Crippen molar-refractivity contribution in [3.05, 3.63) is 23.0 Å². The molecular formula is C11H17N3O. The largest absolute Gasteiger partial charge is 0.396 e. The van der Waals surface area contributed by atoms with Crippen LogP contribution < -0.4 is 5.32 Å². The first kappa shape index (κ1) is 11.8. The number of hydrogen-bond donors (Lipinski definition) is 2. The molecule has 0 aromatic carbocycles. The lowest BCUT2D eigenvalue weighted by atomic mass is 10.2. The summed E-state index contributed by atoms with van der Waals surface area (Å²) >= 11 is 0. The minimum Gasteiger partial charge on any atom is -0.396 e. The Morgan fingerprint density at radius 2 is 2.33 bits per heavy atom. The molecule has 0 aliphatic rings. The van der Waals surface area contributed by atoms with E-state index in [-0.39, 0.29) is 6.61 Å². The van der Waals surface area contributed by atoms with Crippen LogP contribution in [0.5, 0.6) is 0 Å². The number of rotatable bonds is 5. The van der Waals surface area contributed by atoms with E-state index in [2.05, 4.69) is 11.4 Å². The molecule has 0 amide bonds.